The lowest BCUT2D eigenvalue weighted by atomic mass is 10.1. The van der Waals surface area contributed by atoms with Crippen LogP contribution in [0.4, 0.5) is 0 Å². The van der Waals surface area contributed by atoms with E-state index in [9.17, 15) is 4.79 Å². The maximum absolute atomic E-state index is 10.0. The summed E-state index contributed by atoms with van der Waals surface area (Å²) in [5.41, 5.74) is 2.28. The number of ether oxygens (including phenoxy) is 2. The first kappa shape index (κ1) is 7.31. The smallest absolute Gasteiger partial charge is 0.298 e. The van der Waals surface area contributed by atoms with Gasteiger partial charge in [-0.2, -0.15) is 0 Å². The zero-order chi connectivity index (χ0) is 8.39. The highest BCUT2D eigenvalue weighted by Gasteiger charge is 2.11. The summed E-state index contributed by atoms with van der Waals surface area (Å²) >= 11 is 0. The second-order valence-electron chi connectivity index (χ2n) is 2.64. The van der Waals surface area contributed by atoms with Gasteiger partial charge >= 0.3 is 0 Å². The summed E-state index contributed by atoms with van der Waals surface area (Å²) < 4.78 is 9.90. The predicted molar refractivity (Wildman–Crippen MR) is 41.6 cm³/mol. The highest BCUT2D eigenvalue weighted by molar-refractivity contribution is 5.47. The lowest BCUT2D eigenvalue weighted by molar-refractivity contribution is -0.120. The van der Waals surface area contributed by atoms with Gasteiger partial charge in [-0.15, -0.1) is 0 Å². The van der Waals surface area contributed by atoms with Crippen LogP contribution < -0.4 is 4.74 Å². The lowest BCUT2D eigenvalue weighted by Crippen LogP contribution is -1.90. The Kier molecular flexibility index (Phi) is 1.80. The van der Waals surface area contributed by atoms with Crippen LogP contribution in [0.25, 0.3) is 0 Å². The van der Waals surface area contributed by atoms with Crippen molar-refractivity contribution >= 4 is 6.47 Å². The molecule has 1 aromatic carbocycles. The van der Waals surface area contributed by atoms with E-state index in [-0.39, 0.29) is 0 Å². The van der Waals surface area contributed by atoms with Gasteiger partial charge in [-0.1, -0.05) is 6.07 Å². The molecule has 3 nitrogen and oxygen atoms in total. The Morgan fingerprint density at radius 1 is 1.33 bits per heavy atom. The fraction of sp³-hybridized carbons (Fsp3) is 0.222. The first-order valence-corrected chi connectivity index (χ1v) is 3.70. The fourth-order valence-electron chi connectivity index (χ4n) is 1.28. The number of carbonyl (C=O) groups excluding carboxylic acids is 1. The van der Waals surface area contributed by atoms with Crippen LogP contribution in [0.5, 0.6) is 5.75 Å². The minimum atomic E-state index is 0.428. The fourth-order valence-corrected chi connectivity index (χ4v) is 1.28. The zero-order valence-corrected chi connectivity index (χ0v) is 6.45. The first-order chi connectivity index (χ1) is 5.90. The Hall–Kier alpha value is -1.35. The molecule has 0 bridgehead atoms. The Bertz CT molecular complexity index is 307. The van der Waals surface area contributed by atoms with Crippen LogP contribution in [0.15, 0.2) is 18.2 Å². The van der Waals surface area contributed by atoms with Gasteiger partial charge in [0.2, 0.25) is 0 Å². The predicted octanol–water partition coefficient (Wildman–Crippen LogP) is 1.25. The van der Waals surface area contributed by atoms with Crippen molar-refractivity contribution in [1.82, 2.24) is 0 Å². The van der Waals surface area contributed by atoms with E-state index in [1.165, 1.54) is 5.56 Å². The molecule has 1 aliphatic rings. The average molecular weight is 164 g/mol. The molecule has 1 heterocycles. The van der Waals surface area contributed by atoms with E-state index < -0.39 is 0 Å². The van der Waals surface area contributed by atoms with Crippen LogP contribution in [0, 0.1) is 0 Å². The molecule has 0 radical (unpaired) electrons. The maximum Gasteiger partial charge on any atom is 0.298 e. The van der Waals surface area contributed by atoms with Crippen LogP contribution in [-0.4, -0.2) is 6.47 Å². The SMILES string of the molecule is O=COc1ccc2c(c1)COC2. The third-order valence-electron chi connectivity index (χ3n) is 1.88. The van der Waals surface area contributed by atoms with Crippen molar-refractivity contribution < 1.29 is 14.3 Å². The molecule has 2 rings (SSSR count). The van der Waals surface area contributed by atoms with E-state index in [1.54, 1.807) is 6.07 Å². The summed E-state index contributed by atoms with van der Waals surface area (Å²) in [6, 6.07) is 5.51. The first-order valence-electron chi connectivity index (χ1n) is 3.70. The molecule has 1 aliphatic heterocycles. The van der Waals surface area contributed by atoms with Gasteiger partial charge in [0.25, 0.3) is 6.47 Å². The number of benzene rings is 1. The van der Waals surface area contributed by atoms with Crippen LogP contribution >= 0.6 is 0 Å². The number of hydrogen-bond donors (Lipinski definition) is 0. The Morgan fingerprint density at radius 2 is 2.17 bits per heavy atom. The van der Waals surface area contributed by atoms with Gasteiger partial charge in [0, 0.05) is 0 Å². The van der Waals surface area contributed by atoms with E-state index in [1.807, 2.05) is 12.1 Å². The van der Waals surface area contributed by atoms with Crippen LogP contribution in [-0.2, 0) is 22.7 Å². The lowest BCUT2D eigenvalue weighted by Gasteiger charge is -1.99. The van der Waals surface area contributed by atoms with Crippen LogP contribution in [0.3, 0.4) is 0 Å². The molecule has 0 N–H and O–H groups in total. The second kappa shape index (κ2) is 2.95. The second-order valence-corrected chi connectivity index (χ2v) is 2.64. The van der Waals surface area contributed by atoms with Gasteiger partial charge in [0.1, 0.15) is 5.75 Å². The summed E-state index contributed by atoms with van der Waals surface area (Å²) in [5.74, 6) is 0.578. The molecule has 3 heteroatoms. The molecule has 0 amide bonds. The summed E-state index contributed by atoms with van der Waals surface area (Å²) in [6.45, 7) is 1.71. The van der Waals surface area contributed by atoms with E-state index in [2.05, 4.69) is 0 Å². The molecule has 0 aromatic heterocycles. The molecule has 1 aromatic rings. The van der Waals surface area contributed by atoms with E-state index in [0.717, 1.165) is 5.56 Å². The Morgan fingerprint density at radius 3 is 3.00 bits per heavy atom. The average Bonchev–Trinajstić information content (AvgIpc) is 2.51. The molecule has 0 aliphatic carbocycles. The van der Waals surface area contributed by atoms with Crippen molar-refractivity contribution in [3.05, 3.63) is 29.3 Å². The van der Waals surface area contributed by atoms with Crippen molar-refractivity contribution in [2.45, 2.75) is 13.2 Å². The normalized spacial score (nSPS) is 14.0. The van der Waals surface area contributed by atoms with Gasteiger partial charge in [-0.05, 0) is 23.3 Å². The van der Waals surface area contributed by atoms with Gasteiger partial charge < -0.3 is 9.47 Å². The number of rotatable bonds is 2. The maximum atomic E-state index is 10.0. The minimum Gasteiger partial charge on any atom is -0.429 e. The quantitative estimate of drug-likeness (QED) is 0.617. The third kappa shape index (κ3) is 1.19. The number of fused-ring (bicyclic) bond motifs is 1. The van der Waals surface area contributed by atoms with Gasteiger partial charge in [-0.25, -0.2) is 0 Å². The molecule has 0 saturated heterocycles. The number of hydrogen-bond acceptors (Lipinski definition) is 3. The summed E-state index contributed by atoms with van der Waals surface area (Å²) in [7, 11) is 0. The summed E-state index contributed by atoms with van der Waals surface area (Å²) in [5, 5.41) is 0. The van der Waals surface area contributed by atoms with E-state index in [4.69, 9.17) is 9.47 Å². The topological polar surface area (TPSA) is 35.5 Å². The molecule has 0 spiro atoms. The molecule has 62 valence electrons. The molecule has 0 saturated carbocycles. The molecule has 0 fully saturated rings. The molecule has 0 unspecified atom stereocenters. The highest BCUT2D eigenvalue weighted by atomic mass is 16.5. The van der Waals surface area contributed by atoms with Crippen molar-refractivity contribution in [1.29, 1.82) is 0 Å². The summed E-state index contributed by atoms with van der Waals surface area (Å²) in [4.78, 5) is 10.0. The molecule has 12 heavy (non-hydrogen) atoms. The van der Waals surface area contributed by atoms with Crippen molar-refractivity contribution in [3.63, 3.8) is 0 Å². The minimum absolute atomic E-state index is 0.428. The van der Waals surface area contributed by atoms with Gasteiger partial charge in [0.15, 0.2) is 0 Å². The van der Waals surface area contributed by atoms with Crippen molar-refractivity contribution in [2.24, 2.45) is 0 Å². The zero-order valence-electron chi connectivity index (χ0n) is 6.45. The Labute approximate surface area is 69.9 Å². The Balaban J connectivity index is 2.32. The molecule has 0 atom stereocenters. The summed E-state index contributed by atoms with van der Waals surface area (Å²) in [6.07, 6.45) is 0. The van der Waals surface area contributed by atoms with E-state index in [0.29, 0.717) is 25.4 Å². The van der Waals surface area contributed by atoms with Crippen LogP contribution in [0.1, 0.15) is 11.1 Å². The molecular weight excluding hydrogens is 156 g/mol. The van der Waals surface area contributed by atoms with E-state index >= 15 is 0 Å². The monoisotopic (exact) mass is 164 g/mol. The largest absolute Gasteiger partial charge is 0.429 e. The highest BCUT2D eigenvalue weighted by Crippen LogP contribution is 2.23. The number of carbonyl (C=O) groups is 1. The van der Waals surface area contributed by atoms with Crippen LogP contribution in [0.2, 0.25) is 0 Å². The van der Waals surface area contributed by atoms with Crippen molar-refractivity contribution in [3.8, 4) is 5.75 Å². The standard InChI is InChI=1S/C9H8O3/c10-6-12-9-2-1-7-4-11-5-8(7)3-9/h1-3,6H,4-5H2. The van der Waals surface area contributed by atoms with Crippen molar-refractivity contribution in [2.75, 3.05) is 0 Å². The molecular formula is C9H8O3. The van der Waals surface area contributed by atoms with Gasteiger partial charge in [-0.3, -0.25) is 4.79 Å². The van der Waals surface area contributed by atoms with Gasteiger partial charge in [0.05, 0.1) is 13.2 Å². The third-order valence-corrected chi connectivity index (χ3v) is 1.88.